The molecule has 0 N–H and O–H groups in total. The Hall–Kier alpha value is -1.61. The molecule has 0 saturated heterocycles. The van der Waals surface area contributed by atoms with Crippen LogP contribution in [0.2, 0.25) is 0 Å². The van der Waals surface area contributed by atoms with Crippen molar-refractivity contribution in [2.75, 3.05) is 0 Å². The van der Waals surface area contributed by atoms with Gasteiger partial charge in [-0.2, -0.15) is 0 Å². The van der Waals surface area contributed by atoms with Crippen LogP contribution in [0.25, 0.3) is 0 Å². The normalized spacial score (nSPS) is 10.7. The second kappa shape index (κ2) is 6.23. The Labute approximate surface area is 127 Å². The van der Waals surface area contributed by atoms with Crippen LogP contribution in [0.5, 0.6) is 11.5 Å². The lowest BCUT2D eigenvalue weighted by Gasteiger charge is -2.15. The van der Waals surface area contributed by atoms with E-state index in [0.717, 1.165) is 33.4 Å². The molecule has 0 radical (unpaired) electrons. The third-order valence-corrected chi connectivity index (χ3v) is 3.68. The molecule has 0 bridgehead atoms. The number of halogens is 1. The molecular weight excluding hydrogens is 316 g/mol. The van der Waals surface area contributed by atoms with Crippen LogP contribution in [0.1, 0.15) is 41.3 Å². The molecule has 0 aliphatic carbocycles. The van der Waals surface area contributed by atoms with Crippen molar-refractivity contribution in [3.05, 3.63) is 57.6 Å². The second-order valence-electron chi connectivity index (χ2n) is 5.08. The summed E-state index contributed by atoms with van der Waals surface area (Å²) >= 11 is 3.49. The van der Waals surface area contributed by atoms with Crippen LogP contribution in [0.3, 0.4) is 0 Å². The summed E-state index contributed by atoms with van der Waals surface area (Å²) in [6, 6.07) is 11.5. The first kappa shape index (κ1) is 14.8. The predicted molar refractivity (Wildman–Crippen MR) is 84.9 cm³/mol. The minimum Gasteiger partial charge on any atom is -0.457 e. The summed E-state index contributed by atoms with van der Waals surface area (Å²) in [5.74, 6) is 1.97. The van der Waals surface area contributed by atoms with E-state index in [1.54, 1.807) is 6.07 Å². The van der Waals surface area contributed by atoms with Gasteiger partial charge in [0.1, 0.15) is 17.8 Å². The zero-order valence-electron chi connectivity index (χ0n) is 11.8. The molecule has 0 saturated carbocycles. The van der Waals surface area contributed by atoms with Gasteiger partial charge in [0.25, 0.3) is 0 Å². The molecule has 0 atom stereocenters. The van der Waals surface area contributed by atoms with Crippen molar-refractivity contribution in [2.45, 2.75) is 26.7 Å². The van der Waals surface area contributed by atoms with Crippen LogP contribution in [-0.2, 0) is 0 Å². The molecule has 20 heavy (non-hydrogen) atoms. The summed E-state index contributed by atoms with van der Waals surface area (Å²) in [7, 11) is 0. The fourth-order valence-corrected chi connectivity index (χ4v) is 2.41. The van der Waals surface area contributed by atoms with Crippen LogP contribution in [0.15, 0.2) is 40.9 Å². The molecule has 0 unspecified atom stereocenters. The first-order valence-corrected chi connectivity index (χ1v) is 7.33. The molecule has 3 heteroatoms. The number of benzene rings is 2. The lowest BCUT2D eigenvalue weighted by Crippen LogP contribution is -1.95. The molecule has 0 aromatic heterocycles. The van der Waals surface area contributed by atoms with Gasteiger partial charge in [-0.05, 0) is 60.4 Å². The maximum atomic E-state index is 10.8. The average molecular weight is 333 g/mol. The molecule has 2 rings (SSSR count). The summed E-state index contributed by atoms with van der Waals surface area (Å²) in [6.45, 7) is 6.17. The van der Waals surface area contributed by atoms with E-state index in [1.807, 2.05) is 31.2 Å². The van der Waals surface area contributed by atoms with E-state index < -0.39 is 0 Å². The van der Waals surface area contributed by atoms with Crippen LogP contribution in [-0.4, -0.2) is 6.29 Å². The molecule has 0 aliphatic rings. The number of carbonyl (C=O) groups is 1. The number of ether oxygens (including phenoxy) is 1. The molecule has 104 valence electrons. The maximum absolute atomic E-state index is 10.8. The van der Waals surface area contributed by atoms with E-state index in [1.165, 1.54) is 0 Å². The van der Waals surface area contributed by atoms with E-state index in [4.69, 9.17) is 4.74 Å². The Morgan fingerprint density at radius 2 is 1.90 bits per heavy atom. The zero-order valence-corrected chi connectivity index (χ0v) is 13.4. The van der Waals surface area contributed by atoms with Gasteiger partial charge in [0.2, 0.25) is 0 Å². The Kier molecular flexibility index (Phi) is 4.61. The van der Waals surface area contributed by atoms with E-state index in [2.05, 4.69) is 35.8 Å². The maximum Gasteiger partial charge on any atom is 0.150 e. The van der Waals surface area contributed by atoms with Crippen molar-refractivity contribution in [1.82, 2.24) is 0 Å². The highest BCUT2D eigenvalue weighted by atomic mass is 79.9. The van der Waals surface area contributed by atoms with Crippen molar-refractivity contribution in [3.8, 4) is 11.5 Å². The Morgan fingerprint density at radius 1 is 1.15 bits per heavy atom. The molecule has 0 aliphatic heterocycles. The van der Waals surface area contributed by atoms with Gasteiger partial charge in [-0.3, -0.25) is 4.79 Å². The summed E-state index contributed by atoms with van der Waals surface area (Å²) in [5.41, 5.74) is 2.76. The second-order valence-corrected chi connectivity index (χ2v) is 5.99. The van der Waals surface area contributed by atoms with Gasteiger partial charge in [-0.1, -0.05) is 29.8 Å². The van der Waals surface area contributed by atoms with Crippen molar-refractivity contribution < 1.29 is 9.53 Å². The van der Waals surface area contributed by atoms with Gasteiger partial charge in [0.05, 0.1) is 0 Å². The molecule has 2 aromatic rings. The molecule has 2 nitrogen and oxygen atoms in total. The quantitative estimate of drug-likeness (QED) is 0.692. The summed E-state index contributed by atoms with van der Waals surface area (Å²) < 4.78 is 7.01. The van der Waals surface area contributed by atoms with Crippen LogP contribution in [0, 0.1) is 6.92 Å². The van der Waals surface area contributed by atoms with Crippen molar-refractivity contribution in [1.29, 1.82) is 0 Å². The molecule has 0 spiro atoms. The topological polar surface area (TPSA) is 26.3 Å². The zero-order chi connectivity index (χ0) is 14.7. The van der Waals surface area contributed by atoms with E-state index in [-0.39, 0.29) is 0 Å². The predicted octanol–water partition coefficient (Wildman–Crippen LogP) is 5.49. The van der Waals surface area contributed by atoms with E-state index >= 15 is 0 Å². The molecular formula is C17H17BrO2. The highest BCUT2D eigenvalue weighted by Crippen LogP contribution is 2.33. The first-order chi connectivity index (χ1) is 9.51. The molecule has 2 aromatic carbocycles. The lowest BCUT2D eigenvalue weighted by atomic mass is 10.0. The summed E-state index contributed by atoms with van der Waals surface area (Å²) in [5, 5.41) is 0. The van der Waals surface area contributed by atoms with Crippen molar-refractivity contribution >= 4 is 22.2 Å². The number of rotatable bonds is 4. The summed E-state index contributed by atoms with van der Waals surface area (Å²) in [4.78, 5) is 10.8. The van der Waals surface area contributed by atoms with E-state index in [9.17, 15) is 4.79 Å². The summed E-state index contributed by atoms with van der Waals surface area (Å²) in [6.07, 6.45) is 0.859. The Balaban J connectivity index is 2.34. The monoisotopic (exact) mass is 332 g/mol. The average Bonchev–Trinajstić information content (AvgIpc) is 2.41. The largest absolute Gasteiger partial charge is 0.457 e. The SMILES string of the molecule is Cc1cc(Oc2ccc(Br)cc2C(C)C)ccc1C=O. The number of aryl methyl sites for hydroxylation is 1. The van der Waals surface area contributed by atoms with Crippen LogP contribution < -0.4 is 4.74 Å². The molecule has 0 amide bonds. The van der Waals surface area contributed by atoms with Crippen LogP contribution >= 0.6 is 15.9 Å². The molecule has 0 heterocycles. The third kappa shape index (κ3) is 3.28. The minimum absolute atomic E-state index is 0.373. The number of hydrogen-bond acceptors (Lipinski definition) is 2. The van der Waals surface area contributed by atoms with Gasteiger partial charge in [-0.25, -0.2) is 0 Å². The van der Waals surface area contributed by atoms with Gasteiger partial charge in [-0.15, -0.1) is 0 Å². The third-order valence-electron chi connectivity index (χ3n) is 3.19. The Bertz CT molecular complexity index is 633. The fraction of sp³-hybridized carbons (Fsp3) is 0.235. The van der Waals surface area contributed by atoms with Crippen molar-refractivity contribution in [2.24, 2.45) is 0 Å². The molecule has 0 fully saturated rings. The minimum atomic E-state index is 0.373. The highest BCUT2D eigenvalue weighted by Gasteiger charge is 2.10. The van der Waals surface area contributed by atoms with E-state index in [0.29, 0.717) is 11.5 Å². The number of carbonyl (C=O) groups excluding carboxylic acids is 1. The first-order valence-electron chi connectivity index (χ1n) is 6.54. The number of aldehydes is 1. The smallest absolute Gasteiger partial charge is 0.150 e. The van der Waals surface area contributed by atoms with Crippen molar-refractivity contribution in [3.63, 3.8) is 0 Å². The van der Waals surface area contributed by atoms with Gasteiger partial charge in [0.15, 0.2) is 0 Å². The lowest BCUT2D eigenvalue weighted by molar-refractivity contribution is 0.112. The number of hydrogen-bond donors (Lipinski definition) is 0. The Morgan fingerprint density at radius 3 is 2.50 bits per heavy atom. The fourth-order valence-electron chi connectivity index (χ4n) is 2.03. The highest BCUT2D eigenvalue weighted by molar-refractivity contribution is 9.10. The van der Waals surface area contributed by atoms with Gasteiger partial charge in [0, 0.05) is 10.0 Å². The standard InChI is InChI=1S/C17H17BrO2/c1-11(2)16-9-14(18)5-7-17(16)20-15-6-4-13(10-19)12(3)8-15/h4-11H,1-3H3. The van der Waals surface area contributed by atoms with Gasteiger partial charge >= 0.3 is 0 Å². The van der Waals surface area contributed by atoms with Crippen LogP contribution in [0.4, 0.5) is 0 Å². The van der Waals surface area contributed by atoms with Gasteiger partial charge < -0.3 is 4.74 Å².